The number of hydrogen-bond donors (Lipinski definition) is 0. The maximum absolute atomic E-state index is 13.6. The number of ether oxygens (including phenoxy) is 3. The molecule has 0 saturated carbocycles. The molecule has 0 heterocycles. The first-order valence-corrected chi connectivity index (χ1v) is 16.4. The number of nitrogens with zero attached hydrogens (tertiary/aromatic N) is 1. The Hall–Kier alpha value is -2.12. The fraction of sp³-hybridized carbons (Fsp3) is 0.879. The van der Waals surface area contributed by atoms with Gasteiger partial charge in [-0.2, -0.15) is 0 Å². The quantitative estimate of drug-likeness (QED) is 0.0922. The van der Waals surface area contributed by atoms with Crippen molar-refractivity contribution >= 4 is 23.8 Å². The normalized spacial score (nSPS) is 15.6. The van der Waals surface area contributed by atoms with Crippen LogP contribution in [0.4, 0.5) is 0 Å². The van der Waals surface area contributed by atoms with E-state index in [1.807, 2.05) is 20.8 Å². The van der Waals surface area contributed by atoms with Crippen LogP contribution in [0.3, 0.4) is 0 Å². The molecule has 0 fully saturated rings. The maximum atomic E-state index is 13.6. The van der Waals surface area contributed by atoms with Crippen LogP contribution >= 0.6 is 0 Å². The van der Waals surface area contributed by atoms with Crippen molar-refractivity contribution in [3.05, 3.63) is 0 Å². The fourth-order valence-electron chi connectivity index (χ4n) is 4.93. The summed E-state index contributed by atoms with van der Waals surface area (Å²) in [5.41, 5.74) is 0. The van der Waals surface area contributed by atoms with Gasteiger partial charge >= 0.3 is 17.9 Å². The van der Waals surface area contributed by atoms with E-state index in [0.717, 1.165) is 57.8 Å². The Balaban J connectivity index is 5.63. The summed E-state index contributed by atoms with van der Waals surface area (Å²) in [5.74, 6) is -1.89. The highest BCUT2D eigenvalue weighted by Gasteiger charge is 2.31. The van der Waals surface area contributed by atoms with E-state index in [4.69, 9.17) is 14.2 Å². The summed E-state index contributed by atoms with van der Waals surface area (Å²) in [5, 5.41) is 0. The number of hydrogen-bond acceptors (Lipinski definition) is 7. The van der Waals surface area contributed by atoms with Crippen LogP contribution in [0, 0.1) is 17.8 Å². The summed E-state index contributed by atoms with van der Waals surface area (Å²) >= 11 is 0. The number of carbonyl (C=O) groups excluding carboxylic acids is 4. The van der Waals surface area contributed by atoms with Crippen molar-refractivity contribution < 1.29 is 33.4 Å². The summed E-state index contributed by atoms with van der Waals surface area (Å²) in [6.45, 7) is 17.5. The Bertz CT molecular complexity index is 718. The molecule has 41 heavy (non-hydrogen) atoms. The molecule has 0 N–H and O–H groups in total. The summed E-state index contributed by atoms with van der Waals surface area (Å²) in [7, 11) is 0. The zero-order valence-electron chi connectivity index (χ0n) is 27.7. The van der Waals surface area contributed by atoms with Gasteiger partial charge in [0.2, 0.25) is 0 Å². The monoisotopic (exact) mass is 583 g/mol. The van der Waals surface area contributed by atoms with E-state index in [1.165, 1.54) is 4.90 Å². The van der Waals surface area contributed by atoms with Gasteiger partial charge in [-0.1, -0.05) is 80.1 Å². The SMILES string of the molecule is CCCCC(CC)C(=O)OC(C)CN(CC(C)OC(=O)C(CC)CCCC)C(=O)C(C)OC(=O)C(CC)CCCC. The highest BCUT2D eigenvalue weighted by atomic mass is 16.6. The predicted molar refractivity (Wildman–Crippen MR) is 163 cm³/mol. The van der Waals surface area contributed by atoms with Crippen LogP contribution in [-0.4, -0.2) is 60.1 Å². The molecule has 240 valence electrons. The van der Waals surface area contributed by atoms with Gasteiger partial charge in [-0.15, -0.1) is 0 Å². The van der Waals surface area contributed by atoms with Gasteiger partial charge in [-0.3, -0.25) is 19.2 Å². The van der Waals surface area contributed by atoms with Crippen LogP contribution in [0.2, 0.25) is 0 Å². The van der Waals surface area contributed by atoms with Crippen molar-refractivity contribution in [2.45, 2.75) is 158 Å². The Morgan fingerprint density at radius 2 is 0.854 bits per heavy atom. The first-order valence-electron chi connectivity index (χ1n) is 16.4. The van der Waals surface area contributed by atoms with Crippen LogP contribution < -0.4 is 0 Å². The van der Waals surface area contributed by atoms with Crippen molar-refractivity contribution in [1.29, 1.82) is 0 Å². The lowest BCUT2D eigenvalue weighted by molar-refractivity contribution is -0.166. The average Bonchev–Trinajstić information content (AvgIpc) is 2.93. The van der Waals surface area contributed by atoms with Gasteiger partial charge in [-0.05, 0) is 59.3 Å². The van der Waals surface area contributed by atoms with E-state index >= 15 is 0 Å². The molecule has 8 heteroatoms. The Morgan fingerprint density at radius 1 is 0.537 bits per heavy atom. The van der Waals surface area contributed by atoms with Crippen LogP contribution in [0.15, 0.2) is 0 Å². The molecule has 0 bridgehead atoms. The second kappa shape index (κ2) is 22.5. The third-order valence-corrected chi connectivity index (χ3v) is 7.74. The average molecular weight is 584 g/mol. The second-order valence-electron chi connectivity index (χ2n) is 11.6. The summed E-state index contributed by atoms with van der Waals surface area (Å²) in [6, 6.07) is 0. The minimum absolute atomic E-state index is 0.110. The first-order chi connectivity index (χ1) is 19.5. The van der Waals surface area contributed by atoms with Gasteiger partial charge in [0.1, 0.15) is 12.2 Å². The van der Waals surface area contributed by atoms with Crippen LogP contribution in [-0.2, 0) is 33.4 Å². The highest BCUT2D eigenvalue weighted by Crippen LogP contribution is 2.19. The topological polar surface area (TPSA) is 99.2 Å². The van der Waals surface area contributed by atoms with Crippen molar-refractivity contribution in [2.75, 3.05) is 13.1 Å². The second-order valence-corrected chi connectivity index (χ2v) is 11.6. The highest BCUT2D eigenvalue weighted by molar-refractivity contribution is 5.84. The third-order valence-electron chi connectivity index (χ3n) is 7.74. The number of amides is 1. The zero-order valence-corrected chi connectivity index (χ0v) is 27.7. The lowest BCUT2D eigenvalue weighted by Gasteiger charge is -2.31. The van der Waals surface area contributed by atoms with Crippen molar-refractivity contribution in [2.24, 2.45) is 17.8 Å². The Kier molecular flexibility index (Phi) is 21.3. The molecule has 0 aliphatic heterocycles. The lowest BCUT2D eigenvalue weighted by Crippen LogP contribution is -2.48. The van der Waals surface area contributed by atoms with Gasteiger partial charge in [0, 0.05) is 0 Å². The molecule has 0 rings (SSSR count). The van der Waals surface area contributed by atoms with Gasteiger partial charge in [0.15, 0.2) is 6.10 Å². The molecule has 1 amide bonds. The summed E-state index contributed by atoms with van der Waals surface area (Å²) in [4.78, 5) is 53.5. The number of esters is 3. The van der Waals surface area contributed by atoms with Gasteiger partial charge in [0.05, 0.1) is 30.8 Å². The first kappa shape index (κ1) is 38.9. The number of unbranched alkanes of at least 4 members (excludes halogenated alkanes) is 3. The molecule has 0 saturated heterocycles. The molecule has 6 atom stereocenters. The van der Waals surface area contributed by atoms with Crippen LogP contribution in [0.5, 0.6) is 0 Å². The standard InChI is InChI=1S/C33H61NO7/c1-10-16-19-27(13-4)31(36)39-24(7)22-34(23-25(8)40-32(37)28(14-5)20-17-11-2)30(35)26(9)41-33(38)29(15-6)21-18-12-3/h24-29H,10-23H2,1-9H3. The van der Waals surface area contributed by atoms with E-state index in [-0.39, 0.29) is 48.8 Å². The molecule has 0 aromatic heterocycles. The minimum Gasteiger partial charge on any atom is -0.461 e. The molecule has 8 nitrogen and oxygen atoms in total. The van der Waals surface area contributed by atoms with Crippen LogP contribution in [0.1, 0.15) is 139 Å². The zero-order chi connectivity index (χ0) is 31.4. The van der Waals surface area contributed by atoms with Crippen molar-refractivity contribution in [1.82, 2.24) is 4.90 Å². The Labute approximate surface area is 250 Å². The molecular formula is C33H61NO7. The third kappa shape index (κ3) is 15.6. The van der Waals surface area contributed by atoms with E-state index < -0.39 is 24.2 Å². The molecule has 6 unspecified atom stereocenters. The van der Waals surface area contributed by atoms with Gasteiger partial charge in [-0.25, -0.2) is 0 Å². The minimum atomic E-state index is -1.01. The fourth-order valence-corrected chi connectivity index (χ4v) is 4.93. The number of rotatable bonds is 23. The molecule has 0 radical (unpaired) electrons. The van der Waals surface area contributed by atoms with E-state index in [9.17, 15) is 19.2 Å². The van der Waals surface area contributed by atoms with Crippen molar-refractivity contribution in [3.8, 4) is 0 Å². The van der Waals surface area contributed by atoms with E-state index in [1.54, 1.807) is 20.8 Å². The Morgan fingerprint density at radius 3 is 1.15 bits per heavy atom. The van der Waals surface area contributed by atoms with Gasteiger partial charge in [0.25, 0.3) is 5.91 Å². The largest absolute Gasteiger partial charge is 0.461 e. The maximum Gasteiger partial charge on any atom is 0.309 e. The lowest BCUT2D eigenvalue weighted by atomic mass is 9.99. The number of carbonyl (C=O) groups is 4. The van der Waals surface area contributed by atoms with E-state index in [2.05, 4.69) is 20.8 Å². The molecule has 0 aliphatic carbocycles. The van der Waals surface area contributed by atoms with Crippen LogP contribution in [0.25, 0.3) is 0 Å². The summed E-state index contributed by atoms with van der Waals surface area (Å²) in [6.07, 6.45) is 7.96. The van der Waals surface area contributed by atoms with Gasteiger partial charge < -0.3 is 19.1 Å². The smallest absolute Gasteiger partial charge is 0.309 e. The van der Waals surface area contributed by atoms with Crippen molar-refractivity contribution in [3.63, 3.8) is 0 Å². The predicted octanol–water partition coefficient (Wildman–Crippen LogP) is 7.26. The summed E-state index contributed by atoms with van der Waals surface area (Å²) < 4.78 is 17.1. The molecule has 0 spiro atoms. The molecule has 0 aromatic carbocycles. The molecule has 0 aromatic rings. The van der Waals surface area contributed by atoms with E-state index in [0.29, 0.717) is 19.3 Å². The molecular weight excluding hydrogens is 522 g/mol. The molecule has 0 aliphatic rings.